The van der Waals surface area contributed by atoms with Crippen LogP contribution in [0.1, 0.15) is 37.7 Å². The lowest BCUT2D eigenvalue weighted by atomic mass is 9.95. The monoisotopic (exact) mass is 629 g/mol. The summed E-state index contributed by atoms with van der Waals surface area (Å²) in [4.78, 5) is 18.1. The minimum Gasteiger partial charge on any atom is -0.461 e. The van der Waals surface area contributed by atoms with Gasteiger partial charge in [-0.05, 0) is 56.8 Å². The Balaban J connectivity index is 1.28. The van der Waals surface area contributed by atoms with E-state index >= 15 is 4.39 Å². The van der Waals surface area contributed by atoms with Crippen LogP contribution in [0.5, 0.6) is 6.01 Å². The number of thiazole rings is 1. The number of piperazine rings is 1. The Labute approximate surface area is 255 Å². The van der Waals surface area contributed by atoms with E-state index in [1.54, 1.807) is 13.0 Å². The van der Waals surface area contributed by atoms with Crippen molar-refractivity contribution in [1.82, 2.24) is 25.2 Å². The molecule has 8 nitrogen and oxygen atoms in total. The van der Waals surface area contributed by atoms with Crippen LogP contribution in [0.15, 0.2) is 12.1 Å². The number of fused-ring (bicyclic) bond motifs is 5. The zero-order valence-electron chi connectivity index (χ0n) is 23.6. The summed E-state index contributed by atoms with van der Waals surface area (Å²) in [7, 11) is 0. The third-order valence-electron chi connectivity index (χ3n) is 9.67. The molecule has 3 unspecified atom stereocenters. The molecule has 4 aromatic rings. The number of nitrogens with two attached hydrogens (primary N) is 1. The molecule has 2 bridgehead atoms. The minimum atomic E-state index is -0.897. The highest BCUT2D eigenvalue weighted by Gasteiger charge is 2.49. The van der Waals surface area contributed by atoms with Gasteiger partial charge in [-0.15, -0.1) is 0 Å². The van der Waals surface area contributed by atoms with E-state index in [9.17, 15) is 8.78 Å². The number of ether oxygens (including phenoxy) is 1. The van der Waals surface area contributed by atoms with E-state index in [4.69, 9.17) is 27.1 Å². The van der Waals surface area contributed by atoms with E-state index in [1.807, 2.05) is 0 Å². The first-order valence-corrected chi connectivity index (χ1v) is 16.0. The fourth-order valence-corrected chi connectivity index (χ4v) is 8.84. The molecule has 2 aromatic heterocycles. The van der Waals surface area contributed by atoms with E-state index in [0.717, 1.165) is 43.6 Å². The third-order valence-corrected chi connectivity index (χ3v) is 10.9. The number of rotatable bonds is 5. The number of nitrogens with zero attached hydrogens (tertiary/aromatic N) is 5. The Bertz CT molecular complexity index is 1780. The fraction of sp³-hybridized carbons (Fsp3) is 0.500. The average molecular weight is 630 g/mol. The molecule has 0 amide bonds. The number of nitrogens with one attached hydrogen (secondary N) is 1. The van der Waals surface area contributed by atoms with Gasteiger partial charge in [-0.2, -0.15) is 9.97 Å². The molecule has 4 aliphatic rings. The molecule has 0 saturated carbocycles. The number of nitrogen functional groups attached to an aromatic ring is 1. The molecule has 8 rings (SSSR count). The molecular weight excluding hydrogens is 599 g/mol. The van der Waals surface area contributed by atoms with Gasteiger partial charge in [0.25, 0.3) is 0 Å². The van der Waals surface area contributed by atoms with Crippen LogP contribution < -0.4 is 20.7 Å². The standard InChI is InChI=1S/C30H31ClF3N7OS/c1-14-7-20(33)26-25(37-28(35)43-26)21(14)22-19(31)8-18-24(23(22)34)38-29(39-27(18)40-11-16-3-4-17(12-40)36-16)42-13-30-5-2-6-41(30)10-15(32)9-30/h7-8,15-17,36H,2-6,9-13H2,1H3,(H2,35,37)/t15?,16?,17?,30-/m0/s1. The first-order chi connectivity index (χ1) is 20.7. The van der Waals surface area contributed by atoms with Gasteiger partial charge in [-0.25, -0.2) is 18.2 Å². The van der Waals surface area contributed by atoms with Crippen LogP contribution in [-0.4, -0.2) is 76.4 Å². The Morgan fingerprint density at radius 3 is 2.70 bits per heavy atom. The molecule has 3 N–H and O–H groups in total. The number of anilines is 2. The first kappa shape index (κ1) is 27.6. The molecule has 226 valence electrons. The Morgan fingerprint density at radius 1 is 1.12 bits per heavy atom. The van der Waals surface area contributed by atoms with Crippen LogP contribution in [0.4, 0.5) is 24.1 Å². The normalized spacial score (nSPS) is 27.1. The summed E-state index contributed by atoms with van der Waals surface area (Å²) in [6, 6.07) is 3.69. The van der Waals surface area contributed by atoms with Crippen molar-refractivity contribution in [3.05, 3.63) is 34.4 Å². The number of benzene rings is 2. The SMILES string of the molecule is Cc1cc(F)c2sc(N)nc2c1-c1c(Cl)cc2c(N3CC4CCC(C3)N4)nc(OC[C@@]34CCCN3CC(F)C4)nc2c1F. The lowest BCUT2D eigenvalue weighted by Crippen LogP contribution is -2.51. The highest BCUT2D eigenvalue weighted by molar-refractivity contribution is 7.22. The van der Waals surface area contributed by atoms with Gasteiger partial charge in [0.05, 0.1) is 20.8 Å². The van der Waals surface area contributed by atoms with Crippen LogP contribution in [0.25, 0.3) is 32.2 Å². The number of alkyl halides is 1. The number of aromatic nitrogens is 3. The zero-order chi connectivity index (χ0) is 29.6. The minimum absolute atomic E-state index is 0.0444. The Morgan fingerprint density at radius 2 is 1.91 bits per heavy atom. The van der Waals surface area contributed by atoms with Crippen molar-refractivity contribution in [1.29, 1.82) is 0 Å². The van der Waals surface area contributed by atoms with Crippen molar-refractivity contribution >= 4 is 55.0 Å². The molecule has 4 fully saturated rings. The van der Waals surface area contributed by atoms with Gasteiger partial charge < -0.3 is 20.7 Å². The van der Waals surface area contributed by atoms with Crippen molar-refractivity contribution in [3.8, 4) is 17.1 Å². The first-order valence-electron chi connectivity index (χ1n) is 14.8. The number of hydrogen-bond donors (Lipinski definition) is 2. The predicted octanol–water partition coefficient (Wildman–Crippen LogP) is 5.62. The maximum atomic E-state index is 16.9. The maximum Gasteiger partial charge on any atom is 0.319 e. The van der Waals surface area contributed by atoms with E-state index in [0.29, 0.717) is 60.5 Å². The fourth-order valence-electron chi connectivity index (χ4n) is 7.81. The second-order valence-electron chi connectivity index (χ2n) is 12.5. The summed E-state index contributed by atoms with van der Waals surface area (Å²) in [6.07, 6.45) is 3.44. The molecule has 13 heteroatoms. The summed E-state index contributed by atoms with van der Waals surface area (Å²) in [5.41, 5.74) is 6.77. The number of aryl methyl sites for hydroxylation is 1. The van der Waals surface area contributed by atoms with Gasteiger partial charge in [-0.1, -0.05) is 22.9 Å². The van der Waals surface area contributed by atoms with Crippen molar-refractivity contribution < 1.29 is 17.9 Å². The maximum absolute atomic E-state index is 16.9. The average Bonchev–Trinajstić information content (AvgIpc) is 3.71. The van der Waals surface area contributed by atoms with Gasteiger partial charge >= 0.3 is 6.01 Å². The molecule has 0 spiro atoms. The molecular formula is C30H31ClF3N7OS. The molecule has 0 radical (unpaired) electrons. The molecule has 0 aliphatic carbocycles. The van der Waals surface area contributed by atoms with Crippen LogP contribution in [-0.2, 0) is 0 Å². The second-order valence-corrected chi connectivity index (χ2v) is 13.9. The molecule has 43 heavy (non-hydrogen) atoms. The van der Waals surface area contributed by atoms with Gasteiger partial charge in [0.1, 0.15) is 29.9 Å². The lowest BCUT2D eigenvalue weighted by Gasteiger charge is -2.34. The van der Waals surface area contributed by atoms with E-state index in [2.05, 4.69) is 25.1 Å². The lowest BCUT2D eigenvalue weighted by molar-refractivity contribution is 0.107. The largest absolute Gasteiger partial charge is 0.461 e. The zero-order valence-corrected chi connectivity index (χ0v) is 25.2. The van der Waals surface area contributed by atoms with Crippen molar-refractivity contribution in [3.63, 3.8) is 0 Å². The van der Waals surface area contributed by atoms with Crippen molar-refractivity contribution in [2.24, 2.45) is 0 Å². The summed E-state index contributed by atoms with van der Waals surface area (Å²) in [5, 5.41) is 4.41. The molecule has 6 heterocycles. The predicted molar refractivity (Wildman–Crippen MR) is 163 cm³/mol. The van der Waals surface area contributed by atoms with E-state index in [-0.39, 0.29) is 44.1 Å². The molecule has 4 saturated heterocycles. The van der Waals surface area contributed by atoms with Crippen LogP contribution in [0.3, 0.4) is 0 Å². The topological polar surface area (TPSA) is 92.4 Å². The summed E-state index contributed by atoms with van der Waals surface area (Å²) >= 11 is 7.86. The molecule has 4 atom stereocenters. The van der Waals surface area contributed by atoms with Gasteiger partial charge in [0, 0.05) is 54.7 Å². The summed E-state index contributed by atoms with van der Waals surface area (Å²) in [6.45, 7) is 4.57. The van der Waals surface area contributed by atoms with Crippen LogP contribution in [0, 0.1) is 18.6 Å². The van der Waals surface area contributed by atoms with Crippen molar-refractivity contribution in [2.75, 3.05) is 43.4 Å². The van der Waals surface area contributed by atoms with Crippen LogP contribution >= 0.6 is 22.9 Å². The molecule has 2 aromatic carbocycles. The van der Waals surface area contributed by atoms with E-state index in [1.165, 1.54) is 6.07 Å². The summed E-state index contributed by atoms with van der Waals surface area (Å²) < 4.78 is 52.6. The highest BCUT2D eigenvalue weighted by atomic mass is 35.5. The highest BCUT2D eigenvalue weighted by Crippen LogP contribution is 2.45. The molecule has 4 aliphatic heterocycles. The van der Waals surface area contributed by atoms with Gasteiger partial charge in [0.2, 0.25) is 0 Å². The third kappa shape index (κ3) is 4.43. The smallest absolute Gasteiger partial charge is 0.319 e. The van der Waals surface area contributed by atoms with Crippen LogP contribution in [0.2, 0.25) is 5.02 Å². The summed E-state index contributed by atoms with van der Waals surface area (Å²) in [5.74, 6) is -0.582. The Kier molecular flexibility index (Phi) is 6.45. The van der Waals surface area contributed by atoms with Gasteiger partial charge in [-0.3, -0.25) is 4.90 Å². The van der Waals surface area contributed by atoms with E-state index < -0.39 is 23.3 Å². The second kappa shape index (κ2) is 10.0. The number of hydrogen-bond acceptors (Lipinski definition) is 9. The Hall–Kier alpha value is -2.93. The quantitative estimate of drug-likeness (QED) is 0.294. The van der Waals surface area contributed by atoms with Gasteiger partial charge in [0.15, 0.2) is 10.9 Å². The number of halogens is 4. The van der Waals surface area contributed by atoms with Crippen molar-refractivity contribution in [2.45, 2.75) is 62.8 Å².